The van der Waals surface area contributed by atoms with Gasteiger partial charge in [-0.2, -0.15) is 5.26 Å². The number of pyridine rings is 1. The van der Waals surface area contributed by atoms with E-state index in [1.165, 1.54) is 11.3 Å². The number of hydrogen-bond acceptors (Lipinski definition) is 5. The van der Waals surface area contributed by atoms with E-state index in [-0.39, 0.29) is 0 Å². The van der Waals surface area contributed by atoms with Crippen molar-refractivity contribution < 1.29 is 4.74 Å². The summed E-state index contributed by atoms with van der Waals surface area (Å²) in [5.41, 5.74) is 1.90. The van der Waals surface area contributed by atoms with Crippen LogP contribution >= 0.6 is 11.3 Å². The van der Waals surface area contributed by atoms with Crippen LogP contribution in [0.25, 0.3) is 10.2 Å². The predicted octanol–water partition coefficient (Wildman–Crippen LogP) is 3.14. The van der Waals surface area contributed by atoms with Crippen molar-refractivity contribution in [3.05, 3.63) is 53.3 Å². The van der Waals surface area contributed by atoms with Crippen molar-refractivity contribution >= 4 is 21.6 Å². The van der Waals surface area contributed by atoms with Gasteiger partial charge < -0.3 is 4.74 Å². The van der Waals surface area contributed by atoms with Gasteiger partial charge in [0.25, 0.3) is 0 Å². The molecule has 0 unspecified atom stereocenters. The number of aromatic nitrogens is 2. The lowest BCUT2D eigenvalue weighted by Crippen LogP contribution is -1.94. The maximum Gasteiger partial charge on any atom is 0.195 e. The summed E-state index contributed by atoms with van der Waals surface area (Å²) in [5.74, 6) is 0.775. The van der Waals surface area contributed by atoms with Crippen molar-refractivity contribution in [1.82, 2.24) is 9.97 Å². The fourth-order valence-electron chi connectivity index (χ4n) is 1.69. The van der Waals surface area contributed by atoms with Gasteiger partial charge in [-0.05, 0) is 35.9 Å². The average Bonchev–Trinajstić information content (AvgIpc) is 2.88. The zero-order valence-corrected chi connectivity index (χ0v) is 10.7. The number of hydrogen-bond donors (Lipinski definition) is 0. The van der Waals surface area contributed by atoms with E-state index >= 15 is 0 Å². The first-order valence-electron chi connectivity index (χ1n) is 5.67. The quantitative estimate of drug-likeness (QED) is 0.731. The third-order valence-electron chi connectivity index (χ3n) is 2.61. The Labute approximate surface area is 113 Å². The molecule has 0 saturated carbocycles. The molecule has 0 saturated heterocycles. The minimum absolute atomic E-state index is 0.473. The highest BCUT2D eigenvalue weighted by Gasteiger charge is 2.04. The van der Waals surface area contributed by atoms with E-state index in [0.717, 1.165) is 21.5 Å². The van der Waals surface area contributed by atoms with Crippen LogP contribution in [0.3, 0.4) is 0 Å². The summed E-state index contributed by atoms with van der Waals surface area (Å²) in [7, 11) is 0. The Balaban J connectivity index is 1.80. The van der Waals surface area contributed by atoms with Gasteiger partial charge in [0.15, 0.2) is 5.01 Å². The van der Waals surface area contributed by atoms with E-state index < -0.39 is 0 Å². The van der Waals surface area contributed by atoms with Crippen LogP contribution in [-0.2, 0) is 6.61 Å². The van der Waals surface area contributed by atoms with Crippen LogP contribution in [-0.4, -0.2) is 9.97 Å². The summed E-state index contributed by atoms with van der Waals surface area (Å²) in [5, 5.41) is 9.29. The summed E-state index contributed by atoms with van der Waals surface area (Å²) >= 11 is 1.37. The Morgan fingerprint density at radius 2 is 2.05 bits per heavy atom. The van der Waals surface area contributed by atoms with Gasteiger partial charge in [0, 0.05) is 12.4 Å². The molecule has 0 aliphatic carbocycles. The average molecular weight is 267 g/mol. The third kappa shape index (κ3) is 2.54. The van der Waals surface area contributed by atoms with E-state index in [1.54, 1.807) is 12.4 Å². The number of fused-ring (bicyclic) bond motifs is 1. The highest BCUT2D eigenvalue weighted by molar-refractivity contribution is 7.19. The fraction of sp³-hybridized carbons (Fsp3) is 0.0714. The van der Waals surface area contributed by atoms with Crippen molar-refractivity contribution in [3.8, 4) is 11.8 Å². The van der Waals surface area contributed by atoms with Crippen LogP contribution < -0.4 is 4.74 Å². The normalized spacial score (nSPS) is 10.3. The lowest BCUT2D eigenvalue weighted by Gasteiger charge is -2.05. The molecule has 3 aromatic rings. The molecular weight excluding hydrogens is 258 g/mol. The third-order valence-corrected chi connectivity index (χ3v) is 3.53. The number of ether oxygens (including phenoxy) is 1. The van der Waals surface area contributed by atoms with Crippen LogP contribution in [0, 0.1) is 11.3 Å². The van der Waals surface area contributed by atoms with Gasteiger partial charge in [-0.15, -0.1) is 11.3 Å². The lowest BCUT2D eigenvalue weighted by atomic mass is 10.3. The number of thiazole rings is 1. The minimum Gasteiger partial charge on any atom is -0.489 e. The van der Waals surface area contributed by atoms with Gasteiger partial charge in [-0.3, -0.25) is 4.98 Å². The van der Waals surface area contributed by atoms with E-state index in [9.17, 15) is 0 Å². The Bertz CT molecular complexity index is 746. The van der Waals surface area contributed by atoms with Crippen molar-refractivity contribution in [3.63, 3.8) is 0 Å². The SMILES string of the molecule is N#Cc1nc2ccc(OCc3ccncc3)cc2s1. The van der Waals surface area contributed by atoms with Crippen LogP contribution in [0.2, 0.25) is 0 Å². The summed E-state index contributed by atoms with van der Waals surface area (Å²) in [6.07, 6.45) is 3.48. The molecule has 0 atom stereocenters. The highest BCUT2D eigenvalue weighted by atomic mass is 32.1. The van der Waals surface area contributed by atoms with Crippen molar-refractivity contribution in [2.24, 2.45) is 0 Å². The van der Waals surface area contributed by atoms with Gasteiger partial charge in [-0.25, -0.2) is 4.98 Å². The van der Waals surface area contributed by atoms with Gasteiger partial charge in [-0.1, -0.05) is 0 Å². The monoisotopic (exact) mass is 267 g/mol. The largest absolute Gasteiger partial charge is 0.489 e. The summed E-state index contributed by atoms with van der Waals surface area (Å²) in [6.45, 7) is 0.498. The molecule has 0 aliphatic heterocycles. The van der Waals surface area contributed by atoms with Crippen LogP contribution in [0.15, 0.2) is 42.7 Å². The molecule has 0 aliphatic rings. The molecular formula is C14H9N3OS. The first kappa shape index (κ1) is 11.6. The molecule has 0 amide bonds. The van der Waals surface area contributed by atoms with Crippen LogP contribution in [0.1, 0.15) is 10.6 Å². The molecule has 92 valence electrons. The van der Waals surface area contributed by atoms with Crippen LogP contribution in [0.4, 0.5) is 0 Å². The predicted molar refractivity (Wildman–Crippen MR) is 72.9 cm³/mol. The number of benzene rings is 1. The maximum atomic E-state index is 8.82. The summed E-state index contributed by atoms with van der Waals surface area (Å²) in [6, 6.07) is 11.5. The molecule has 0 radical (unpaired) electrons. The zero-order chi connectivity index (χ0) is 13.1. The summed E-state index contributed by atoms with van der Waals surface area (Å²) < 4.78 is 6.67. The number of nitriles is 1. The molecule has 0 fully saturated rings. The molecule has 2 aromatic heterocycles. The first-order valence-corrected chi connectivity index (χ1v) is 6.49. The highest BCUT2D eigenvalue weighted by Crippen LogP contribution is 2.26. The molecule has 0 N–H and O–H groups in total. The summed E-state index contributed by atoms with van der Waals surface area (Å²) in [4.78, 5) is 8.14. The van der Waals surface area contributed by atoms with Crippen molar-refractivity contribution in [1.29, 1.82) is 5.26 Å². The molecule has 19 heavy (non-hydrogen) atoms. The fourth-order valence-corrected chi connectivity index (χ4v) is 2.48. The van der Waals surface area contributed by atoms with Gasteiger partial charge in [0.2, 0.25) is 0 Å². The molecule has 3 rings (SSSR count). The maximum absolute atomic E-state index is 8.82. The second-order valence-electron chi connectivity index (χ2n) is 3.90. The second-order valence-corrected chi connectivity index (χ2v) is 4.94. The molecule has 0 spiro atoms. The molecule has 2 heterocycles. The molecule has 4 nitrogen and oxygen atoms in total. The smallest absolute Gasteiger partial charge is 0.195 e. The van der Waals surface area contributed by atoms with Gasteiger partial charge in [0.1, 0.15) is 18.4 Å². The van der Waals surface area contributed by atoms with Gasteiger partial charge >= 0.3 is 0 Å². The Kier molecular flexibility index (Phi) is 3.09. The minimum atomic E-state index is 0.473. The lowest BCUT2D eigenvalue weighted by molar-refractivity contribution is 0.306. The van der Waals surface area contributed by atoms with Crippen molar-refractivity contribution in [2.45, 2.75) is 6.61 Å². The first-order chi connectivity index (χ1) is 9.35. The molecule has 5 heteroatoms. The molecule has 0 bridgehead atoms. The van der Waals surface area contributed by atoms with E-state index in [4.69, 9.17) is 10.00 Å². The Morgan fingerprint density at radius 1 is 1.21 bits per heavy atom. The van der Waals surface area contributed by atoms with E-state index in [0.29, 0.717) is 11.6 Å². The number of nitrogens with zero attached hydrogens (tertiary/aromatic N) is 3. The molecule has 1 aromatic carbocycles. The van der Waals surface area contributed by atoms with Crippen LogP contribution in [0.5, 0.6) is 5.75 Å². The Hall–Kier alpha value is -2.45. The van der Waals surface area contributed by atoms with E-state index in [2.05, 4.69) is 16.0 Å². The van der Waals surface area contributed by atoms with E-state index in [1.807, 2.05) is 30.3 Å². The standard InChI is InChI=1S/C14H9N3OS/c15-8-14-17-12-2-1-11(7-13(12)19-14)18-9-10-3-5-16-6-4-10/h1-7H,9H2. The topological polar surface area (TPSA) is 58.8 Å². The Morgan fingerprint density at radius 3 is 2.84 bits per heavy atom. The van der Waals surface area contributed by atoms with Crippen molar-refractivity contribution in [2.75, 3.05) is 0 Å². The zero-order valence-electron chi connectivity index (χ0n) is 9.91. The van der Waals surface area contributed by atoms with Gasteiger partial charge in [0.05, 0.1) is 10.2 Å². The number of rotatable bonds is 3. The second kappa shape index (κ2) is 5.04.